The van der Waals surface area contributed by atoms with E-state index in [1.807, 2.05) is 0 Å². The van der Waals surface area contributed by atoms with Gasteiger partial charge >= 0.3 is 32.7 Å². The van der Waals surface area contributed by atoms with E-state index in [1.54, 1.807) is 0 Å². The van der Waals surface area contributed by atoms with Crippen molar-refractivity contribution < 1.29 is 32.7 Å². The third kappa shape index (κ3) is 5.24. The van der Waals surface area contributed by atoms with Gasteiger partial charge in [0.25, 0.3) is 0 Å². The van der Waals surface area contributed by atoms with Gasteiger partial charge < -0.3 is 13.2 Å². The van der Waals surface area contributed by atoms with Gasteiger partial charge in [-0.05, 0) is 0 Å². The summed E-state index contributed by atoms with van der Waals surface area (Å²) in [6, 6.07) is 3.35. The molecule has 1 aromatic rings. The first kappa shape index (κ1) is 20.7. The third-order valence-corrected chi connectivity index (χ3v) is 2.62. The number of aryl methyl sites for hydroxylation is 2. The molecule has 0 spiro atoms. The topological polar surface area (TPSA) is 23.8 Å². The second-order valence-corrected chi connectivity index (χ2v) is 3.25. The molecule has 0 saturated heterocycles. The van der Waals surface area contributed by atoms with Gasteiger partial charge in [-0.15, -0.1) is 0 Å². The Bertz CT molecular complexity index is 267. The van der Waals surface area contributed by atoms with Crippen molar-refractivity contribution in [3.63, 3.8) is 0 Å². The molecule has 0 aromatic heterocycles. The molecule has 0 atom stereocenters. The summed E-state index contributed by atoms with van der Waals surface area (Å²) in [6.07, 6.45) is 0. The minimum atomic E-state index is 0. The Balaban J connectivity index is -0.000000339. The van der Waals surface area contributed by atoms with Gasteiger partial charge in [0.15, 0.2) is 0 Å². The fourth-order valence-corrected chi connectivity index (χ4v) is 1.31. The number of nitrogens with one attached hydrogen (secondary N) is 1. The molecule has 0 unspecified atom stereocenters. The zero-order valence-corrected chi connectivity index (χ0v) is 13.9. The van der Waals surface area contributed by atoms with Crippen LogP contribution in [0.3, 0.4) is 0 Å². The molecular formula is C13H22NY. The van der Waals surface area contributed by atoms with E-state index in [0.29, 0.717) is 0 Å². The minimum Gasteiger partial charge on any atom is -0.680 e. The molecule has 0 aliphatic rings. The van der Waals surface area contributed by atoms with Gasteiger partial charge in [-0.1, -0.05) is 34.6 Å². The molecule has 1 N–H and O–H groups in total. The standard InChI is InChI=1S/C11H15.CH4N.CH3.Y/c1-7-6-8(2)10(4)11(5)9(7)3;1-2;;/h1-5H3;2H,1H3;1H3;/q3*-1;+3. The average molecular weight is 281 g/mol. The second-order valence-electron chi connectivity index (χ2n) is 3.25. The average Bonchev–Trinajstić information content (AvgIpc) is 2.15. The Morgan fingerprint density at radius 1 is 0.733 bits per heavy atom. The zero-order valence-electron chi connectivity index (χ0n) is 11.1. The van der Waals surface area contributed by atoms with Crippen LogP contribution in [0.4, 0.5) is 0 Å². The molecule has 0 radical (unpaired) electrons. The maximum atomic E-state index is 5.75. The Hall–Kier alpha value is 0.284. The van der Waals surface area contributed by atoms with Crippen LogP contribution in [0, 0.1) is 48.1 Å². The summed E-state index contributed by atoms with van der Waals surface area (Å²) in [5.74, 6) is 0. The van der Waals surface area contributed by atoms with E-state index in [2.05, 4.69) is 40.7 Å². The van der Waals surface area contributed by atoms with Crippen molar-refractivity contribution in [1.29, 1.82) is 0 Å². The second kappa shape index (κ2) is 9.51. The van der Waals surface area contributed by atoms with E-state index in [1.165, 1.54) is 34.9 Å². The molecule has 0 bridgehead atoms. The van der Waals surface area contributed by atoms with Gasteiger partial charge in [0, 0.05) is 0 Å². The summed E-state index contributed by atoms with van der Waals surface area (Å²) in [5, 5.41) is 0. The van der Waals surface area contributed by atoms with E-state index in [-0.39, 0.29) is 40.1 Å². The summed E-state index contributed by atoms with van der Waals surface area (Å²) in [7, 11) is 1.25. The number of hydrogen-bond acceptors (Lipinski definition) is 0. The summed E-state index contributed by atoms with van der Waals surface area (Å²) in [4.78, 5) is 0. The zero-order chi connectivity index (χ0) is 10.6. The van der Waals surface area contributed by atoms with Crippen molar-refractivity contribution in [2.45, 2.75) is 34.6 Å². The Kier molecular flexibility index (Phi) is 13.1. The normalized spacial score (nSPS) is 7.93. The predicted molar refractivity (Wildman–Crippen MR) is 65.6 cm³/mol. The van der Waals surface area contributed by atoms with Gasteiger partial charge in [-0.25, -0.2) is 0 Å². The molecular weight excluding hydrogens is 259 g/mol. The molecule has 2 heteroatoms. The predicted octanol–water partition coefficient (Wildman–Crippen LogP) is 4.15. The van der Waals surface area contributed by atoms with Gasteiger partial charge in [0.1, 0.15) is 0 Å². The van der Waals surface area contributed by atoms with E-state index in [4.69, 9.17) is 5.73 Å². The van der Waals surface area contributed by atoms with Crippen LogP contribution < -0.4 is 0 Å². The van der Waals surface area contributed by atoms with E-state index in [0.717, 1.165) is 0 Å². The van der Waals surface area contributed by atoms with Crippen LogP contribution >= 0.6 is 0 Å². The molecule has 1 nitrogen and oxygen atoms in total. The largest absolute Gasteiger partial charge is 3.00 e. The fourth-order valence-electron chi connectivity index (χ4n) is 1.31. The van der Waals surface area contributed by atoms with Crippen LogP contribution in [0.15, 0.2) is 0 Å². The molecule has 0 aliphatic carbocycles. The van der Waals surface area contributed by atoms with Crippen molar-refractivity contribution in [1.82, 2.24) is 0 Å². The fraction of sp³-hybridized carbons (Fsp3) is 0.462. The van der Waals surface area contributed by atoms with Crippen molar-refractivity contribution in [3.8, 4) is 0 Å². The number of benzene rings is 1. The smallest absolute Gasteiger partial charge is 0.680 e. The SMILES string of the molecule is C[NH-].Cc1[c-]c(C)c(C)c(C)c1C.[CH3-].[Y+3]. The summed E-state index contributed by atoms with van der Waals surface area (Å²) in [5.41, 5.74) is 12.5. The first-order valence-electron chi connectivity index (χ1n) is 4.50. The molecule has 0 saturated carbocycles. The van der Waals surface area contributed by atoms with Gasteiger partial charge in [0.05, 0.1) is 0 Å². The number of hydrogen-bond donors (Lipinski definition) is 0. The first-order chi connectivity index (χ1) is 6.04. The van der Waals surface area contributed by atoms with Crippen molar-refractivity contribution >= 4 is 0 Å². The molecule has 0 fully saturated rings. The van der Waals surface area contributed by atoms with Crippen molar-refractivity contribution in [2.75, 3.05) is 7.05 Å². The maximum Gasteiger partial charge on any atom is 3.00 e. The van der Waals surface area contributed by atoms with Gasteiger partial charge in [-0.3, -0.25) is 0 Å². The minimum absolute atomic E-state index is 0. The summed E-state index contributed by atoms with van der Waals surface area (Å²) < 4.78 is 0. The van der Waals surface area contributed by atoms with E-state index < -0.39 is 0 Å². The Labute approximate surface area is 121 Å². The summed E-state index contributed by atoms with van der Waals surface area (Å²) >= 11 is 0. The molecule has 0 heterocycles. The molecule has 1 aromatic carbocycles. The van der Waals surface area contributed by atoms with Gasteiger partial charge in [0.2, 0.25) is 0 Å². The monoisotopic (exact) mass is 281 g/mol. The quantitative estimate of drug-likeness (QED) is 0.638. The summed E-state index contributed by atoms with van der Waals surface area (Å²) in [6.45, 7) is 10.7. The van der Waals surface area contributed by atoms with Crippen molar-refractivity contribution in [2.24, 2.45) is 0 Å². The Morgan fingerprint density at radius 3 is 1.27 bits per heavy atom. The van der Waals surface area contributed by atoms with Crippen LogP contribution in [0.2, 0.25) is 0 Å². The molecule has 0 aliphatic heterocycles. The van der Waals surface area contributed by atoms with Crippen LogP contribution in [0.1, 0.15) is 27.8 Å². The van der Waals surface area contributed by atoms with Crippen LogP contribution in [0.25, 0.3) is 5.73 Å². The van der Waals surface area contributed by atoms with Crippen LogP contribution in [-0.2, 0) is 32.7 Å². The molecule has 15 heavy (non-hydrogen) atoms. The maximum absolute atomic E-state index is 5.75. The van der Waals surface area contributed by atoms with Crippen LogP contribution in [-0.4, -0.2) is 7.05 Å². The van der Waals surface area contributed by atoms with Crippen molar-refractivity contribution in [3.05, 3.63) is 47.0 Å². The Morgan fingerprint density at radius 2 is 1.00 bits per heavy atom. The molecule has 82 valence electrons. The third-order valence-electron chi connectivity index (χ3n) is 2.62. The van der Waals surface area contributed by atoms with Gasteiger partial charge in [-0.2, -0.15) is 40.9 Å². The molecule has 0 amide bonds. The number of rotatable bonds is 0. The van der Waals surface area contributed by atoms with Crippen LogP contribution in [0.5, 0.6) is 0 Å². The van der Waals surface area contributed by atoms with E-state index >= 15 is 0 Å². The van der Waals surface area contributed by atoms with E-state index in [9.17, 15) is 0 Å². The first-order valence-corrected chi connectivity index (χ1v) is 4.50. The molecule has 1 rings (SSSR count).